The summed E-state index contributed by atoms with van der Waals surface area (Å²) in [5.41, 5.74) is 7.77. The van der Waals surface area contributed by atoms with Crippen molar-refractivity contribution < 1.29 is 9.53 Å². The lowest BCUT2D eigenvalue weighted by molar-refractivity contribution is 0.112. The van der Waals surface area contributed by atoms with Crippen LogP contribution in [0, 0.1) is 6.92 Å². The topological polar surface area (TPSA) is 65.2 Å². The molecule has 138 valence electrons. The highest BCUT2D eigenvalue weighted by Gasteiger charge is 2.13. The highest BCUT2D eigenvalue weighted by Crippen LogP contribution is 2.40. The molecular weight excluding hydrogens is 380 g/mol. The van der Waals surface area contributed by atoms with E-state index in [-0.39, 0.29) is 0 Å². The summed E-state index contributed by atoms with van der Waals surface area (Å²) in [5.74, 6) is 0.860. The van der Waals surface area contributed by atoms with Gasteiger partial charge < -0.3 is 10.5 Å². The van der Waals surface area contributed by atoms with Crippen molar-refractivity contribution in [1.82, 2.24) is 4.98 Å². The lowest BCUT2D eigenvalue weighted by Gasteiger charge is -2.05. The molecule has 0 fully saturated rings. The summed E-state index contributed by atoms with van der Waals surface area (Å²) < 4.78 is 7.88. The maximum atomic E-state index is 11.2. The van der Waals surface area contributed by atoms with E-state index in [1.54, 1.807) is 17.5 Å². The first-order valence-electron chi connectivity index (χ1n) is 8.44. The molecule has 0 spiro atoms. The van der Waals surface area contributed by atoms with Gasteiger partial charge in [0, 0.05) is 33.4 Å². The van der Waals surface area contributed by atoms with Crippen LogP contribution in [0.5, 0.6) is 5.75 Å². The molecule has 0 aliphatic heterocycles. The molecule has 0 aliphatic carbocycles. The first-order chi connectivity index (χ1) is 13.1. The number of nitrogen functional groups attached to an aromatic ring is 1. The number of carbonyl (C=O) groups is 1. The average molecular weight is 399 g/mol. The van der Waals surface area contributed by atoms with Gasteiger partial charge in [0.05, 0.1) is 22.0 Å². The van der Waals surface area contributed by atoms with E-state index in [0.29, 0.717) is 17.3 Å². The lowest BCUT2D eigenvalue weighted by Crippen LogP contribution is -1.92. The molecule has 0 radical (unpaired) electrons. The van der Waals surface area contributed by atoms with E-state index < -0.39 is 0 Å². The van der Waals surface area contributed by atoms with Crippen LogP contribution in [0.25, 0.3) is 20.2 Å². The third kappa shape index (κ3) is 3.89. The number of aryl methyl sites for hydroxylation is 1. The van der Waals surface area contributed by atoms with E-state index in [1.807, 2.05) is 38.1 Å². The number of hydrogen-bond donors (Lipinski definition) is 1. The van der Waals surface area contributed by atoms with Gasteiger partial charge in [-0.1, -0.05) is 29.8 Å². The Morgan fingerprint density at radius 3 is 2.67 bits per heavy atom. The van der Waals surface area contributed by atoms with Crippen LogP contribution in [0.1, 0.15) is 22.8 Å². The molecule has 4 aromatic rings. The maximum absolute atomic E-state index is 11.2. The predicted octanol–water partition coefficient (Wildman–Crippen LogP) is 5.89. The zero-order chi connectivity index (χ0) is 19.4. The fourth-order valence-corrected chi connectivity index (χ4v) is 4.15. The van der Waals surface area contributed by atoms with E-state index in [4.69, 9.17) is 22.1 Å². The molecule has 6 heteroatoms. The molecule has 0 atom stereocenters. The van der Waals surface area contributed by atoms with E-state index >= 15 is 0 Å². The van der Waals surface area contributed by atoms with Gasteiger partial charge in [-0.25, -0.2) is 0 Å². The first-order valence-corrected chi connectivity index (χ1v) is 9.64. The van der Waals surface area contributed by atoms with Gasteiger partial charge in [0.15, 0.2) is 6.29 Å². The van der Waals surface area contributed by atoms with Crippen LogP contribution in [0.2, 0.25) is 5.02 Å². The number of benzene rings is 2. The highest BCUT2D eigenvalue weighted by atomic mass is 35.5. The van der Waals surface area contributed by atoms with Crippen molar-refractivity contribution in [1.29, 1.82) is 0 Å². The van der Waals surface area contributed by atoms with Crippen molar-refractivity contribution in [3.63, 3.8) is 0 Å². The van der Waals surface area contributed by atoms with E-state index in [1.165, 1.54) is 10.9 Å². The number of ether oxygens (including phenoxy) is 1. The molecule has 2 aromatic heterocycles. The number of nitrogens with zero attached hydrogens (tertiary/aromatic N) is 1. The summed E-state index contributed by atoms with van der Waals surface area (Å²) in [6, 6.07) is 11.8. The Morgan fingerprint density at radius 2 is 2.00 bits per heavy atom. The second kappa shape index (κ2) is 8.37. The number of halogens is 1. The second-order valence-corrected chi connectivity index (χ2v) is 7.32. The molecule has 27 heavy (non-hydrogen) atoms. The van der Waals surface area contributed by atoms with Crippen LogP contribution < -0.4 is 10.5 Å². The van der Waals surface area contributed by atoms with Crippen molar-refractivity contribution in [2.24, 2.45) is 0 Å². The Morgan fingerprint density at radius 1 is 1.22 bits per heavy atom. The number of hydrogen-bond acceptors (Lipinski definition) is 5. The second-order valence-electron chi connectivity index (χ2n) is 5.86. The number of fused-ring (bicyclic) bond motifs is 3. The van der Waals surface area contributed by atoms with Crippen molar-refractivity contribution in [3.8, 4) is 5.75 Å². The summed E-state index contributed by atoms with van der Waals surface area (Å²) in [6.07, 6.45) is 4.13. The van der Waals surface area contributed by atoms with Gasteiger partial charge in [-0.05, 0) is 37.6 Å². The van der Waals surface area contributed by atoms with E-state index in [0.717, 1.165) is 38.6 Å². The molecule has 2 N–H and O–H groups in total. The van der Waals surface area contributed by atoms with Crippen LogP contribution in [-0.2, 0) is 0 Å². The largest absolute Gasteiger partial charge is 0.492 e. The molecule has 0 saturated carbocycles. The van der Waals surface area contributed by atoms with Crippen LogP contribution >= 0.6 is 22.9 Å². The number of nitrogens with two attached hydrogens (primary N) is 1. The maximum Gasteiger partial charge on any atom is 0.150 e. The molecule has 0 saturated heterocycles. The van der Waals surface area contributed by atoms with Crippen molar-refractivity contribution in [2.45, 2.75) is 13.8 Å². The molecule has 0 unspecified atom stereocenters. The Bertz CT molecular complexity index is 1090. The third-order valence-electron chi connectivity index (χ3n) is 4.09. The minimum Gasteiger partial charge on any atom is -0.492 e. The zero-order valence-electron chi connectivity index (χ0n) is 15.0. The van der Waals surface area contributed by atoms with Crippen LogP contribution in [0.3, 0.4) is 0 Å². The standard InChI is InChI=1S/C15H12O2S.C6H7ClN2/c1-2-17-12-8-7-10(9-16)14-11-5-3-4-6-13(11)18-15(12)14;1-4-2-9-3-5(7)6(4)8/h3-9H,2H2,1H3;2-3H,1H3,(H2,8,9). The zero-order valence-corrected chi connectivity index (χ0v) is 16.6. The Hall–Kier alpha value is -2.63. The van der Waals surface area contributed by atoms with Crippen LogP contribution in [0.4, 0.5) is 5.69 Å². The Balaban J connectivity index is 0.000000197. The van der Waals surface area contributed by atoms with Gasteiger partial charge in [-0.15, -0.1) is 11.3 Å². The normalized spacial score (nSPS) is 10.5. The van der Waals surface area contributed by atoms with Gasteiger partial charge in [-0.2, -0.15) is 0 Å². The molecule has 0 aliphatic rings. The lowest BCUT2D eigenvalue weighted by atomic mass is 10.1. The number of anilines is 1. The molecule has 0 bridgehead atoms. The quantitative estimate of drug-likeness (QED) is 0.437. The highest BCUT2D eigenvalue weighted by molar-refractivity contribution is 7.26. The van der Waals surface area contributed by atoms with Gasteiger partial charge in [0.1, 0.15) is 5.75 Å². The Labute approximate surface area is 166 Å². The van der Waals surface area contributed by atoms with Gasteiger partial charge in [-0.3, -0.25) is 9.78 Å². The summed E-state index contributed by atoms with van der Waals surface area (Å²) in [5, 5.41) is 2.66. The van der Waals surface area contributed by atoms with Gasteiger partial charge in [0.25, 0.3) is 0 Å². The van der Waals surface area contributed by atoms with Gasteiger partial charge in [0.2, 0.25) is 0 Å². The van der Waals surface area contributed by atoms with Crippen molar-refractivity contribution in [2.75, 3.05) is 12.3 Å². The number of thiophene rings is 1. The molecular formula is C21H19ClN2O2S. The van der Waals surface area contributed by atoms with Crippen LogP contribution in [-0.4, -0.2) is 17.9 Å². The number of aldehydes is 1. The number of pyridine rings is 1. The van der Waals surface area contributed by atoms with Crippen molar-refractivity contribution in [3.05, 3.63) is 64.9 Å². The molecule has 4 rings (SSSR count). The summed E-state index contributed by atoms with van der Waals surface area (Å²) in [6.45, 7) is 4.46. The fraction of sp³-hybridized carbons (Fsp3) is 0.143. The molecule has 4 nitrogen and oxygen atoms in total. The summed E-state index contributed by atoms with van der Waals surface area (Å²) in [4.78, 5) is 15.0. The fourth-order valence-electron chi connectivity index (χ4n) is 2.74. The minimum atomic E-state index is 0.523. The number of carbonyl (C=O) groups excluding carboxylic acids is 1. The van der Waals surface area contributed by atoms with Crippen molar-refractivity contribution >= 4 is 55.1 Å². The molecule has 2 aromatic carbocycles. The van der Waals surface area contributed by atoms with E-state index in [9.17, 15) is 4.79 Å². The Kier molecular flexibility index (Phi) is 5.94. The predicted molar refractivity (Wildman–Crippen MR) is 114 cm³/mol. The minimum absolute atomic E-state index is 0.523. The average Bonchev–Trinajstić information content (AvgIpc) is 3.07. The third-order valence-corrected chi connectivity index (χ3v) is 5.57. The summed E-state index contributed by atoms with van der Waals surface area (Å²) in [7, 11) is 0. The number of rotatable bonds is 3. The monoisotopic (exact) mass is 398 g/mol. The number of aromatic nitrogens is 1. The molecule has 0 amide bonds. The summed E-state index contributed by atoms with van der Waals surface area (Å²) >= 11 is 7.30. The smallest absolute Gasteiger partial charge is 0.150 e. The molecule has 2 heterocycles. The first kappa shape index (κ1) is 19.1. The van der Waals surface area contributed by atoms with E-state index in [2.05, 4.69) is 17.1 Å². The van der Waals surface area contributed by atoms with Crippen LogP contribution in [0.15, 0.2) is 48.8 Å². The van der Waals surface area contributed by atoms with Gasteiger partial charge >= 0.3 is 0 Å². The SMILES string of the molecule is CCOc1ccc(C=O)c2c1sc1ccccc12.Cc1cncc(Cl)c1N.